The molecule has 1 aromatic carbocycles. The van der Waals surface area contributed by atoms with E-state index in [-0.39, 0.29) is 23.9 Å². The van der Waals surface area contributed by atoms with E-state index in [2.05, 4.69) is 0 Å². The Balaban J connectivity index is 2.07. The highest BCUT2D eigenvalue weighted by Gasteiger charge is 2.31. The molecule has 2 rings (SSSR count). The van der Waals surface area contributed by atoms with Gasteiger partial charge in [0.2, 0.25) is 0 Å². The largest absolute Gasteiger partial charge is 0.299 e. The van der Waals surface area contributed by atoms with E-state index in [9.17, 15) is 9.59 Å². The highest BCUT2D eigenvalue weighted by atomic mass is 35.5. The molecule has 0 aromatic heterocycles. The number of carbonyl (C=O) groups excluding carboxylic acids is 2. The Hall–Kier alpha value is -0.800. The molecule has 0 N–H and O–H groups in total. The van der Waals surface area contributed by atoms with Crippen LogP contribution in [0.5, 0.6) is 0 Å². The molecule has 1 saturated carbocycles. The monoisotopic (exact) mass is 282 g/mol. The highest BCUT2D eigenvalue weighted by molar-refractivity contribution is 7.97. The van der Waals surface area contributed by atoms with Gasteiger partial charge >= 0.3 is 0 Å². The molecule has 1 aromatic rings. The lowest BCUT2D eigenvalue weighted by Gasteiger charge is -2.05. The Labute approximate surface area is 116 Å². The third-order valence-corrected chi connectivity index (χ3v) is 3.95. The van der Waals surface area contributed by atoms with Crippen LogP contribution < -0.4 is 0 Å². The lowest BCUT2D eigenvalue weighted by Crippen LogP contribution is -2.10. The quantitative estimate of drug-likeness (QED) is 0.588. The predicted octanol–water partition coefficient (Wildman–Crippen LogP) is 3.75. The first-order valence-corrected chi connectivity index (χ1v) is 7.72. The summed E-state index contributed by atoms with van der Waals surface area (Å²) in [5.74, 6) is 0.898. The average molecular weight is 283 g/mol. The Kier molecular flexibility index (Phi) is 4.46. The van der Waals surface area contributed by atoms with E-state index in [1.807, 2.05) is 18.4 Å². The molecule has 0 unspecified atom stereocenters. The van der Waals surface area contributed by atoms with Crippen LogP contribution in [0.2, 0.25) is 5.02 Å². The van der Waals surface area contributed by atoms with Crippen molar-refractivity contribution in [3.63, 3.8) is 0 Å². The smallest absolute Gasteiger partial charge is 0.171 e. The van der Waals surface area contributed by atoms with E-state index in [4.69, 9.17) is 11.6 Å². The molecule has 2 nitrogen and oxygen atoms in total. The second kappa shape index (κ2) is 5.89. The van der Waals surface area contributed by atoms with Crippen LogP contribution in [0.1, 0.15) is 35.2 Å². The normalized spacial score (nSPS) is 14.6. The van der Waals surface area contributed by atoms with Crippen LogP contribution in [-0.4, -0.2) is 17.8 Å². The van der Waals surface area contributed by atoms with Crippen molar-refractivity contribution in [2.45, 2.75) is 25.0 Å². The van der Waals surface area contributed by atoms with Crippen LogP contribution >= 0.6 is 23.4 Å². The summed E-state index contributed by atoms with van der Waals surface area (Å²) in [6, 6.07) is 5.44. The minimum atomic E-state index is -0.160. The molecule has 0 amide bonds. The van der Waals surface area contributed by atoms with Gasteiger partial charge in [0, 0.05) is 17.2 Å². The van der Waals surface area contributed by atoms with Gasteiger partial charge in [0.25, 0.3) is 0 Å². The number of hydrogen-bond donors (Lipinski definition) is 0. The number of carbonyl (C=O) groups is 2. The van der Waals surface area contributed by atoms with Crippen LogP contribution in [0.4, 0.5) is 0 Å². The highest BCUT2D eigenvalue weighted by Crippen LogP contribution is 2.31. The van der Waals surface area contributed by atoms with Gasteiger partial charge < -0.3 is 0 Å². The molecule has 1 aliphatic rings. The summed E-state index contributed by atoms with van der Waals surface area (Å²) in [5, 5.41) is 0.454. The molecular weight excluding hydrogens is 268 g/mol. The maximum Gasteiger partial charge on any atom is 0.171 e. The molecule has 1 fully saturated rings. The fraction of sp³-hybridized carbons (Fsp3) is 0.429. The summed E-state index contributed by atoms with van der Waals surface area (Å²) < 4.78 is 0. The van der Waals surface area contributed by atoms with Gasteiger partial charge in [-0.25, -0.2) is 0 Å². The van der Waals surface area contributed by atoms with Crippen molar-refractivity contribution in [1.82, 2.24) is 0 Å². The van der Waals surface area contributed by atoms with E-state index in [0.29, 0.717) is 10.6 Å². The molecule has 0 saturated heterocycles. The number of halogens is 1. The summed E-state index contributed by atoms with van der Waals surface area (Å²) in [6.45, 7) is 0. The Morgan fingerprint density at radius 3 is 2.67 bits per heavy atom. The summed E-state index contributed by atoms with van der Waals surface area (Å²) in [6.07, 6.45) is 3.88. The minimum Gasteiger partial charge on any atom is -0.299 e. The van der Waals surface area contributed by atoms with Crippen molar-refractivity contribution in [1.29, 1.82) is 0 Å². The number of ketones is 2. The van der Waals surface area contributed by atoms with Crippen LogP contribution in [0.3, 0.4) is 0 Å². The summed E-state index contributed by atoms with van der Waals surface area (Å²) in [4.78, 5) is 23.6. The number of benzene rings is 1. The third kappa shape index (κ3) is 3.36. The van der Waals surface area contributed by atoms with Gasteiger partial charge in [0.1, 0.15) is 5.78 Å². The first kappa shape index (κ1) is 13.6. The molecule has 4 heteroatoms. The van der Waals surface area contributed by atoms with E-state index < -0.39 is 0 Å². The molecule has 0 spiro atoms. The van der Waals surface area contributed by atoms with Crippen molar-refractivity contribution in [2.75, 3.05) is 6.26 Å². The van der Waals surface area contributed by atoms with Crippen molar-refractivity contribution in [2.24, 2.45) is 5.92 Å². The number of hydrogen-bond acceptors (Lipinski definition) is 3. The molecule has 0 bridgehead atoms. The maximum atomic E-state index is 12.0. The van der Waals surface area contributed by atoms with E-state index in [1.54, 1.807) is 17.8 Å². The van der Waals surface area contributed by atoms with Crippen LogP contribution in [0, 0.1) is 5.92 Å². The molecular formula is C14H15ClO2S. The van der Waals surface area contributed by atoms with Gasteiger partial charge in [-0.2, -0.15) is 11.8 Å². The minimum absolute atomic E-state index is 0.00768. The molecule has 1 aliphatic carbocycles. The van der Waals surface area contributed by atoms with Gasteiger partial charge in [-0.1, -0.05) is 17.7 Å². The molecule has 0 aliphatic heterocycles. The van der Waals surface area contributed by atoms with Crippen LogP contribution in [0.15, 0.2) is 18.2 Å². The summed E-state index contributed by atoms with van der Waals surface area (Å²) in [7, 11) is 0. The lowest BCUT2D eigenvalue weighted by atomic mass is 10.0. The number of rotatable bonds is 6. The van der Waals surface area contributed by atoms with Gasteiger partial charge in [-0.05, 0) is 36.8 Å². The second-order valence-corrected chi connectivity index (χ2v) is 5.86. The van der Waals surface area contributed by atoms with E-state index >= 15 is 0 Å². The average Bonchev–Trinajstić information content (AvgIpc) is 3.13. The van der Waals surface area contributed by atoms with Crippen LogP contribution in [-0.2, 0) is 10.5 Å². The SMILES string of the molecule is CSCc1ccc(C(=O)CC(=O)C2CC2)c(Cl)c1. The Bertz CT molecular complexity index is 481. The zero-order valence-electron chi connectivity index (χ0n) is 10.2. The molecule has 0 heterocycles. The number of thioether (sulfide) groups is 1. The van der Waals surface area contributed by atoms with Gasteiger partial charge in [0.05, 0.1) is 11.4 Å². The fourth-order valence-corrected chi connectivity index (χ4v) is 2.67. The van der Waals surface area contributed by atoms with Crippen LogP contribution in [0.25, 0.3) is 0 Å². The standard InChI is InChI=1S/C14H15ClO2S/c1-18-8-9-2-5-11(12(15)6-9)14(17)7-13(16)10-3-4-10/h2,5-6,10H,3-4,7-8H2,1H3. The van der Waals surface area contributed by atoms with E-state index in [1.165, 1.54) is 0 Å². The van der Waals surface area contributed by atoms with Gasteiger partial charge in [-0.3, -0.25) is 9.59 Å². The van der Waals surface area contributed by atoms with Gasteiger partial charge in [0.15, 0.2) is 5.78 Å². The van der Waals surface area contributed by atoms with Crippen molar-refractivity contribution < 1.29 is 9.59 Å². The van der Waals surface area contributed by atoms with Crippen molar-refractivity contribution >= 4 is 34.9 Å². The fourth-order valence-electron chi connectivity index (χ4n) is 1.84. The topological polar surface area (TPSA) is 34.1 Å². The zero-order valence-corrected chi connectivity index (χ0v) is 11.8. The third-order valence-electron chi connectivity index (χ3n) is 3.01. The second-order valence-electron chi connectivity index (χ2n) is 4.59. The van der Waals surface area contributed by atoms with E-state index in [0.717, 1.165) is 24.2 Å². The molecule has 0 radical (unpaired) electrons. The lowest BCUT2D eigenvalue weighted by molar-refractivity contribution is -0.119. The van der Waals surface area contributed by atoms with Gasteiger partial charge in [-0.15, -0.1) is 0 Å². The number of Topliss-reactive ketones (excluding diaryl/α,β-unsaturated/α-hetero) is 2. The molecule has 96 valence electrons. The van der Waals surface area contributed by atoms with Crippen molar-refractivity contribution in [3.05, 3.63) is 34.3 Å². The Morgan fingerprint density at radius 2 is 2.11 bits per heavy atom. The predicted molar refractivity (Wildman–Crippen MR) is 75.3 cm³/mol. The summed E-state index contributed by atoms with van der Waals surface area (Å²) in [5.41, 5.74) is 1.56. The maximum absolute atomic E-state index is 12.0. The summed E-state index contributed by atoms with van der Waals surface area (Å²) >= 11 is 7.80. The Morgan fingerprint density at radius 1 is 1.39 bits per heavy atom. The first-order valence-electron chi connectivity index (χ1n) is 5.95. The molecule has 0 atom stereocenters. The van der Waals surface area contributed by atoms with Crippen molar-refractivity contribution in [3.8, 4) is 0 Å². The molecule has 18 heavy (non-hydrogen) atoms. The first-order chi connectivity index (χ1) is 8.61. The zero-order chi connectivity index (χ0) is 13.1.